The maximum atomic E-state index is 12.0. The highest BCUT2D eigenvalue weighted by Gasteiger charge is 2.17. The Morgan fingerprint density at radius 1 is 1.35 bits per heavy atom. The van der Waals surface area contributed by atoms with E-state index in [4.69, 9.17) is 9.84 Å². The van der Waals surface area contributed by atoms with Crippen LogP contribution in [-0.4, -0.2) is 45.1 Å². The summed E-state index contributed by atoms with van der Waals surface area (Å²) in [6.45, 7) is 0.666. The molecule has 114 valence electrons. The number of benzene rings is 1. The highest BCUT2D eigenvalue weighted by molar-refractivity contribution is 7.87. The molecule has 7 heteroatoms. The maximum absolute atomic E-state index is 12.0. The Hall–Kier alpha value is -1.15. The van der Waals surface area contributed by atoms with Crippen LogP contribution in [0.4, 0.5) is 0 Å². The van der Waals surface area contributed by atoms with Crippen LogP contribution in [0.3, 0.4) is 0 Å². The van der Waals surface area contributed by atoms with Crippen molar-refractivity contribution in [2.75, 3.05) is 27.3 Å². The molecule has 1 aromatic rings. The normalized spacial score (nSPS) is 11.8. The fourth-order valence-corrected chi connectivity index (χ4v) is 2.60. The van der Waals surface area contributed by atoms with Crippen LogP contribution in [0.25, 0.3) is 0 Å². The van der Waals surface area contributed by atoms with E-state index in [1.807, 2.05) is 18.2 Å². The van der Waals surface area contributed by atoms with Crippen LogP contribution in [0.5, 0.6) is 5.75 Å². The zero-order valence-electron chi connectivity index (χ0n) is 11.9. The fraction of sp³-hybridized carbons (Fsp3) is 0.538. The molecule has 0 fully saturated rings. The number of ether oxygens (including phenoxy) is 1. The maximum Gasteiger partial charge on any atom is 0.279 e. The van der Waals surface area contributed by atoms with Crippen LogP contribution in [0.15, 0.2) is 24.3 Å². The summed E-state index contributed by atoms with van der Waals surface area (Å²) in [6, 6.07) is 7.28. The molecule has 0 heterocycles. The lowest BCUT2D eigenvalue weighted by Gasteiger charge is -2.18. The van der Waals surface area contributed by atoms with E-state index in [0.717, 1.165) is 5.56 Å². The monoisotopic (exact) mass is 302 g/mol. The molecule has 0 bridgehead atoms. The van der Waals surface area contributed by atoms with Gasteiger partial charge >= 0.3 is 0 Å². The summed E-state index contributed by atoms with van der Waals surface area (Å²) in [5.41, 5.74) is 0.854. The third-order valence-electron chi connectivity index (χ3n) is 2.82. The molecular formula is C13H22N2O4S. The summed E-state index contributed by atoms with van der Waals surface area (Å²) >= 11 is 0. The molecular weight excluding hydrogens is 280 g/mol. The van der Waals surface area contributed by atoms with Crippen molar-refractivity contribution in [2.45, 2.75) is 19.4 Å². The smallest absolute Gasteiger partial charge is 0.279 e. The first-order valence-corrected chi connectivity index (χ1v) is 7.88. The minimum Gasteiger partial charge on any atom is -0.497 e. The van der Waals surface area contributed by atoms with E-state index in [1.54, 1.807) is 13.2 Å². The standard InChI is InChI=1S/C13H22N2O4S/c1-15(20(17,18)14-8-3-4-9-16)11-12-6-5-7-13(10-12)19-2/h5-7,10,14,16H,3-4,8-9,11H2,1-2H3. The fourth-order valence-electron chi connectivity index (χ4n) is 1.66. The quantitative estimate of drug-likeness (QED) is 0.659. The lowest BCUT2D eigenvalue weighted by molar-refractivity contribution is 0.284. The molecule has 0 aliphatic heterocycles. The van der Waals surface area contributed by atoms with Crippen LogP contribution in [-0.2, 0) is 16.8 Å². The number of hydrogen-bond acceptors (Lipinski definition) is 4. The van der Waals surface area contributed by atoms with Gasteiger partial charge in [-0.05, 0) is 30.5 Å². The van der Waals surface area contributed by atoms with Gasteiger partial charge in [-0.1, -0.05) is 12.1 Å². The lowest BCUT2D eigenvalue weighted by Crippen LogP contribution is -2.38. The second-order valence-corrected chi connectivity index (χ2v) is 6.30. The van der Waals surface area contributed by atoms with Gasteiger partial charge in [0.15, 0.2) is 0 Å². The van der Waals surface area contributed by atoms with Crippen molar-refractivity contribution in [3.05, 3.63) is 29.8 Å². The molecule has 0 unspecified atom stereocenters. The van der Waals surface area contributed by atoms with Gasteiger partial charge in [0.25, 0.3) is 10.2 Å². The van der Waals surface area contributed by atoms with E-state index in [-0.39, 0.29) is 13.2 Å². The Morgan fingerprint density at radius 3 is 2.75 bits per heavy atom. The third kappa shape index (κ3) is 5.46. The number of nitrogens with one attached hydrogen (secondary N) is 1. The second-order valence-electron chi connectivity index (χ2n) is 4.44. The minimum absolute atomic E-state index is 0.0708. The van der Waals surface area contributed by atoms with Gasteiger partial charge in [0.2, 0.25) is 0 Å². The summed E-state index contributed by atoms with van der Waals surface area (Å²) < 4.78 is 32.8. The largest absolute Gasteiger partial charge is 0.497 e. The molecule has 0 atom stereocenters. The van der Waals surface area contributed by atoms with Gasteiger partial charge in [-0.2, -0.15) is 12.7 Å². The summed E-state index contributed by atoms with van der Waals surface area (Å²) in [5.74, 6) is 0.698. The zero-order valence-corrected chi connectivity index (χ0v) is 12.7. The Balaban J connectivity index is 2.57. The number of methoxy groups -OCH3 is 1. The number of aliphatic hydroxyl groups is 1. The minimum atomic E-state index is -3.50. The van der Waals surface area contributed by atoms with E-state index >= 15 is 0 Å². The number of aliphatic hydroxyl groups excluding tert-OH is 1. The molecule has 20 heavy (non-hydrogen) atoms. The Morgan fingerprint density at radius 2 is 2.10 bits per heavy atom. The molecule has 0 saturated carbocycles. The summed E-state index contributed by atoms with van der Waals surface area (Å²) in [6.07, 6.45) is 1.20. The molecule has 0 saturated heterocycles. The van der Waals surface area contributed by atoms with Gasteiger partial charge < -0.3 is 9.84 Å². The number of unbranched alkanes of at least 4 members (excludes halogenated alkanes) is 1. The first-order valence-electron chi connectivity index (χ1n) is 6.44. The van der Waals surface area contributed by atoms with Gasteiger partial charge in [-0.25, -0.2) is 4.72 Å². The van der Waals surface area contributed by atoms with Crippen LogP contribution in [0, 0.1) is 0 Å². The lowest BCUT2D eigenvalue weighted by atomic mass is 10.2. The SMILES string of the molecule is COc1cccc(CN(C)S(=O)(=O)NCCCCO)c1. The summed E-state index contributed by atoms with van der Waals surface area (Å²) in [7, 11) is -0.404. The van der Waals surface area contributed by atoms with Crippen molar-refractivity contribution >= 4 is 10.2 Å². The third-order valence-corrected chi connectivity index (χ3v) is 4.34. The van der Waals surface area contributed by atoms with Crippen molar-refractivity contribution in [2.24, 2.45) is 0 Å². The van der Waals surface area contributed by atoms with Gasteiger partial charge in [-0.15, -0.1) is 0 Å². The average Bonchev–Trinajstić information content (AvgIpc) is 2.44. The topological polar surface area (TPSA) is 78.9 Å². The van der Waals surface area contributed by atoms with Crippen molar-refractivity contribution < 1.29 is 18.3 Å². The van der Waals surface area contributed by atoms with Crippen LogP contribution in [0.1, 0.15) is 18.4 Å². The average molecular weight is 302 g/mol. The molecule has 6 nitrogen and oxygen atoms in total. The van der Waals surface area contributed by atoms with E-state index in [0.29, 0.717) is 25.1 Å². The van der Waals surface area contributed by atoms with Crippen LogP contribution in [0.2, 0.25) is 0 Å². The van der Waals surface area contributed by atoms with Gasteiger partial charge in [-0.3, -0.25) is 0 Å². The van der Waals surface area contributed by atoms with Crippen molar-refractivity contribution in [3.63, 3.8) is 0 Å². The summed E-state index contributed by atoms with van der Waals surface area (Å²) in [4.78, 5) is 0. The molecule has 0 amide bonds. The first kappa shape index (κ1) is 16.9. The highest BCUT2D eigenvalue weighted by Crippen LogP contribution is 2.14. The summed E-state index contributed by atoms with van der Waals surface area (Å²) in [5, 5.41) is 8.65. The Bertz CT molecular complexity index is 505. The van der Waals surface area contributed by atoms with E-state index in [9.17, 15) is 8.42 Å². The predicted octanol–water partition coefficient (Wildman–Crippen LogP) is 0.734. The predicted molar refractivity (Wildman–Crippen MR) is 77.7 cm³/mol. The molecule has 2 N–H and O–H groups in total. The Kier molecular flexibility index (Phi) is 6.94. The van der Waals surface area contributed by atoms with Gasteiger partial charge in [0.1, 0.15) is 5.75 Å². The van der Waals surface area contributed by atoms with Crippen molar-refractivity contribution in [1.29, 1.82) is 0 Å². The second kappa shape index (κ2) is 8.21. The molecule has 1 aromatic carbocycles. The Labute approximate surface area is 120 Å². The molecule has 0 radical (unpaired) electrons. The highest BCUT2D eigenvalue weighted by atomic mass is 32.2. The zero-order chi connectivity index (χ0) is 15.0. The van der Waals surface area contributed by atoms with Crippen LogP contribution < -0.4 is 9.46 Å². The molecule has 0 aliphatic carbocycles. The molecule has 0 aromatic heterocycles. The number of nitrogens with zero attached hydrogens (tertiary/aromatic N) is 1. The molecule has 0 aliphatic rings. The van der Waals surface area contributed by atoms with E-state index in [1.165, 1.54) is 11.4 Å². The van der Waals surface area contributed by atoms with Gasteiger partial charge in [0.05, 0.1) is 7.11 Å². The van der Waals surface area contributed by atoms with E-state index < -0.39 is 10.2 Å². The molecule has 1 rings (SSSR count). The number of hydrogen-bond donors (Lipinski definition) is 2. The van der Waals surface area contributed by atoms with Crippen LogP contribution >= 0.6 is 0 Å². The molecule has 0 spiro atoms. The number of rotatable bonds is 9. The first-order chi connectivity index (χ1) is 9.49. The van der Waals surface area contributed by atoms with Crippen molar-refractivity contribution in [3.8, 4) is 5.75 Å². The van der Waals surface area contributed by atoms with Gasteiger partial charge in [0, 0.05) is 26.7 Å². The van der Waals surface area contributed by atoms with E-state index in [2.05, 4.69) is 4.72 Å². The van der Waals surface area contributed by atoms with Crippen molar-refractivity contribution in [1.82, 2.24) is 9.03 Å².